The molecule has 0 aliphatic heterocycles. The molecule has 1 saturated carbocycles. The van der Waals surface area contributed by atoms with Crippen molar-refractivity contribution in [3.8, 4) is 0 Å². The van der Waals surface area contributed by atoms with Gasteiger partial charge in [0.1, 0.15) is 0 Å². The lowest BCUT2D eigenvalue weighted by Crippen LogP contribution is -2.29. The molecule has 4 N–H and O–H groups in total. The molecule has 0 heterocycles. The number of nitrogens with one attached hydrogen (secondary N) is 2. The number of amides is 2. The van der Waals surface area contributed by atoms with Crippen molar-refractivity contribution in [3.63, 3.8) is 0 Å². The molecular formula is C17H26ClN3O2. The van der Waals surface area contributed by atoms with E-state index in [4.69, 9.17) is 5.73 Å². The summed E-state index contributed by atoms with van der Waals surface area (Å²) in [5.74, 6) is 0.253. The highest BCUT2D eigenvalue weighted by Crippen LogP contribution is 2.24. The molecule has 0 bridgehead atoms. The molecule has 1 aliphatic rings. The van der Waals surface area contributed by atoms with E-state index in [-0.39, 0.29) is 30.1 Å². The molecule has 6 heteroatoms. The molecule has 5 nitrogen and oxygen atoms in total. The van der Waals surface area contributed by atoms with Crippen LogP contribution < -0.4 is 16.4 Å². The lowest BCUT2D eigenvalue weighted by Gasteiger charge is -2.10. The maximum Gasteiger partial charge on any atom is 0.251 e. The summed E-state index contributed by atoms with van der Waals surface area (Å²) in [6.07, 6.45) is 5.11. The van der Waals surface area contributed by atoms with Crippen molar-refractivity contribution in [1.29, 1.82) is 0 Å². The van der Waals surface area contributed by atoms with Crippen molar-refractivity contribution < 1.29 is 9.59 Å². The van der Waals surface area contributed by atoms with Gasteiger partial charge in [0.25, 0.3) is 5.91 Å². The van der Waals surface area contributed by atoms with Crippen molar-refractivity contribution in [2.24, 2.45) is 11.7 Å². The van der Waals surface area contributed by atoms with E-state index in [2.05, 4.69) is 10.6 Å². The van der Waals surface area contributed by atoms with Crippen LogP contribution in [0.5, 0.6) is 0 Å². The second-order valence-corrected chi connectivity index (χ2v) is 5.79. The van der Waals surface area contributed by atoms with Gasteiger partial charge >= 0.3 is 0 Å². The van der Waals surface area contributed by atoms with E-state index in [0.29, 0.717) is 25.2 Å². The van der Waals surface area contributed by atoms with Crippen LogP contribution in [0.3, 0.4) is 0 Å². The highest BCUT2D eigenvalue weighted by molar-refractivity contribution is 5.94. The number of hydrogen-bond donors (Lipinski definition) is 3. The molecule has 0 saturated heterocycles. The smallest absolute Gasteiger partial charge is 0.251 e. The number of nitrogens with two attached hydrogens (primary N) is 1. The lowest BCUT2D eigenvalue weighted by molar-refractivity contribution is -0.124. The average molecular weight is 340 g/mol. The highest BCUT2D eigenvalue weighted by Gasteiger charge is 2.22. The fraction of sp³-hybridized carbons (Fsp3) is 0.529. The second-order valence-electron chi connectivity index (χ2n) is 5.79. The Hall–Kier alpha value is -1.59. The summed E-state index contributed by atoms with van der Waals surface area (Å²) in [6, 6.07) is 7.34. The number of carbonyl (C=O) groups is 2. The van der Waals surface area contributed by atoms with Crippen molar-refractivity contribution in [3.05, 3.63) is 35.4 Å². The highest BCUT2D eigenvalue weighted by atomic mass is 35.5. The van der Waals surface area contributed by atoms with E-state index < -0.39 is 0 Å². The molecule has 2 amide bonds. The van der Waals surface area contributed by atoms with Crippen molar-refractivity contribution in [1.82, 2.24) is 10.6 Å². The van der Waals surface area contributed by atoms with Gasteiger partial charge in [0.05, 0.1) is 0 Å². The van der Waals surface area contributed by atoms with Gasteiger partial charge in [-0.2, -0.15) is 0 Å². The van der Waals surface area contributed by atoms with Gasteiger partial charge in [0.15, 0.2) is 0 Å². The fourth-order valence-corrected chi connectivity index (χ4v) is 2.70. The fourth-order valence-electron chi connectivity index (χ4n) is 2.70. The first-order valence-electron chi connectivity index (χ1n) is 8.05. The summed E-state index contributed by atoms with van der Waals surface area (Å²) < 4.78 is 0. The zero-order valence-corrected chi connectivity index (χ0v) is 14.2. The SMILES string of the molecule is Cl.NCCCNC(=O)c1ccc(CNC(=O)C2CCCC2)cc1. The molecule has 1 aromatic rings. The van der Waals surface area contributed by atoms with Gasteiger partial charge in [-0.05, 0) is 43.5 Å². The molecule has 2 rings (SSSR count). The van der Waals surface area contributed by atoms with Crippen molar-refractivity contribution in [2.75, 3.05) is 13.1 Å². The molecule has 0 radical (unpaired) electrons. The van der Waals surface area contributed by atoms with Gasteiger partial charge in [-0.25, -0.2) is 0 Å². The Morgan fingerprint density at radius 2 is 1.74 bits per heavy atom. The Morgan fingerprint density at radius 1 is 1.09 bits per heavy atom. The van der Waals surface area contributed by atoms with Gasteiger partial charge in [-0.3, -0.25) is 9.59 Å². The van der Waals surface area contributed by atoms with Gasteiger partial charge in [0.2, 0.25) is 5.91 Å². The molecule has 1 aromatic carbocycles. The van der Waals surface area contributed by atoms with Crippen LogP contribution in [0.4, 0.5) is 0 Å². The van der Waals surface area contributed by atoms with Crippen LogP contribution in [-0.2, 0) is 11.3 Å². The molecule has 0 atom stereocenters. The van der Waals surface area contributed by atoms with Crippen LogP contribution in [0.15, 0.2) is 24.3 Å². The molecule has 1 fully saturated rings. The largest absolute Gasteiger partial charge is 0.352 e. The number of halogens is 1. The maximum atomic E-state index is 12.0. The number of benzene rings is 1. The summed E-state index contributed by atoms with van der Waals surface area (Å²) in [6.45, 7) is 1.68. The predicted octanol–water partition coefficient (Wildman–Crippen LogP) is 1.99. The van der Waals surface area contributed by atoms with Crippen molar-refractivity contribution >= 4 is 24.2 Å². The average Bonchev–Trinajstić information content (AvgIpc) is 3.08. The molecule has 0 aromatic heterocycles. The van der Waals surface area contributed by atoms with E-state index in [0.717, 1.165) is 37.7 Å². The zero-order chi connectivity index (χ0) is 15.8. The van der Waals surface area contributed by atoms with Crippen LogP contribution in [-0.4, -0.2) is 24.9 Å². The third-order valence-electron chi connectivity index (χ3n) is 4.08. The summed E-state index contributed by atoms with van der Waals surface area (Å²) in [5, 5.41) is 5.80. The Labute approximate surface area is 143 Å². The van der Waals surface area contributed by atoms with Gasteiger partial charge in [0, 0.05) is 24.6 Å². The Morgan fingerprint density at radius 3 is 2.35 bits per heavy atom. The van der Waals surface area contributed by atoms with Crippen LogP contribution >= 0.6 is 12.4 Å². The van der Waals surface area contributed by atoms with E-state index in [9.17, 15) is 9.59 Å². The van der Waals surface area contributed by atoms with Crippen molar-refractivity contribution in [2.45, 2.75) is 38.6 Å². The minimum atomic E-state index is -0.0880. The summed E-state index contributed by atoms with van der Waals surface area (Å²) >= 11 is 0. The number of carbonyl (C=O) groups excluding carboxylic acids is 2. The first-order valence-corrected chi connectivity index (χ1v) is 8.05. The topological polar surface area (TPSA) is 84.2 Å². The third-order valence-corrected chi connectivity index (χ3v) is 4.08. The van der Waals surface area contributed by atoms with E-state index in [1.54, 1.807) is 12.1 Å². The van der Waals surface area contributed by atoms with Crippen LogP contribution in [0.2, 0.25) is 0 Å². The number of hydrogen-bond acceptors (Lipinski definition) is 3. The minimum Gasteiger partial charge on any atom is -0.352 e. The second kappa shape index (κ2) is 10.2. The minimum absolute atomic E-state index is 0. The molecular weight excluding hydrogens is 314 g/mol. The van der Waals surface area contributed by atoms with Crippen LogP contribution in [0.1, 0.15) is 48.0 Å². The van der Waals surface area contributed by atoms with Gasteiger partial charge in [-0.1, -0.05) is 25.0 Å². The van der Waals surface area contributed by atoms with Gasteiger partial charge < -0.3 is 16.4 Å². The Balaban J connectivity index is 0.00000264. The van der Waals surface area contributed by atoms with Crippen LogP contribution in [0.25, 0.3) is 0 Å². The maximum absolute atomic E-state index is 12.0. The summed E-state index contributed by atoms with van der Waals surface area (Å²) in [4.78, 5) is 23.8. The number of rotatable bonds is 7. The predicted molar refractivity (Wildman–Crippen MR) is 93.5 cm³/mol. The van der Waals surface area contributed by atoms with E-state index in [1.807, 2.05) is 12.1 Å². The molecule has 23 heavy (non-hydrogen) atoms. The molecule has 0 unspecified atom stereocenters. The summed E-state index contributed by atoms with van der Waals surface area (Å²) in [5.41, 5.74) is 7.02. The molecule has 0 spiro atoms. The normalized spacial score (nSPS) is 14.1. The summed E-state index contributed by atoms with van der Waals surface area (Å²) in [7, 11) is 0. The Bertz CT molecular complexity index is 499. The molecule has 128 valence electrons. The zero-order valence-electron chi connectivity index (χ0n) is 13.3. The first kappa shape index (κ1) is 19.5. The van der Waals surface area contributed by atoms with E-state index >= 15 is 0 Å². The quantitative estimate of drug-likeness (QED) is 0.664. The molecule has 1 aliphatic carbocycles. The Kier molecular flexibility index (Phi) is 8.66. The van der Waals surface area contributed by atoms with Gasteiger partial charge in [-0.15, -0.1) is 12.4 Å². The van der Waals surface area contributed by atoms with E-state index in [1.165, 1.54) is 0 Å². The third kappa shape index (κ3) is 6.20. The lowest BCUT2D eigenvalue weighted by atomic mass is 10.1. The standard InChI is InChI=1S/C17H25N3O2.ClH/c18-10-3-11-19-16(21)15-8-6-13(7-9-15)12-20-17(22)14-4-1-2-5-14;/h6-9,14H,1-5,10-12,18H2,(H,19,21)(H,20,22);1H. The monoisotopic (exact) mass is 339 g/mol. The first-order chi connectivity index (χ1) is 10.7. The van der Waals surface area contributed by atoms with Crippen LogP contribution in [0, 0.1) is 5.92 Å².